The lowest BCUT2D eigenvalue weighted by atomic mass is 10.2. The first-order valence-electron chi connectivity index (χ1n) is 4.55. The summed E-state index contributed by atoms with van der Waals surface area (Å²) in [6.45, 7) is 4.81. The quantitative estimate of drug-likeness (QED) is 0.434. The molecule has 0 heterocycles. The predicted octanol–water partition coefficient (Wildman–Crippen LogP) is 0.630. The Morgan fingerprint density at radius 2 is 2.27 bits per heavy atom. The van der Waals surface area contributed by atoms with Crippen LogP contribution in [0.1, 0.15) is 13.8 Å². The number of nitrogens with zero attached hydrogens (tertiary/aromatic N) is 3. The SMILES string of the molecule is CSC(=NC#N)N(CC(N)=O)CC(C)C. The molecular formula is C9H16N4OS. The molecule has 5 nitrogen and oxygen atoms in total. The van der Waals surface area contributed by atoms with E-state index in [0.717, 1.165) is 0 Å². The van der Waals surface area contributed by atoms with Crippen molar-refractivity contribution in [2.45, 2.75) is 13.8 Å². The van der Waals surface area contributed by atoms with E-state index < -0.39 is 5.91 Å². The zero-order valence-corrected chi connectivity index (χ0v) is 10.0. The molecule has 0 aromatic heterocycles. The van der Waals surface area contributed by atoms with Gasteiger partial charge in [0.2, 0.25) is 12.1 Å². The fourth-order valence-corrected chi connectivity index (χ4v) is 1.66. The van der Waals surface area contributed by atoms with E-state index in [4.69, 9.17) is 11.0 Å². The van der Waals surface area contributed by atoms with Crippen molar-refractivity contribution in [2.75, 3.05) is 19.3 Å². The first kappa shape index (κ1) is 13.8. The second kappa shape index (κ2) is 7.12. The van der Waals surface area contributed by atoms with Crippen molar-refractivity contribution in [1.29, 1.82) is 5.26 Å². The molecule has 0 saturated carbocycles. The third-order valence-corrected chi connectivity index (χ3v) is 2.25. The van der Waals surface area contributed by atoms with Crippen LogP contribution in [0.2, 0.25) is 0 Å². The van der Waals surface area contributed by atoms with Gasteiger partial charge in [-0.25, -0.2) is 0 Å². The molecule has 0 aromatic carbocycles. The smallest absolute Gasteiger partial charge is 0.237 e. The Morgan fingerprint density at radius 1 is 1.67 bits per heavy atom. The minimum atomic E-state index is -0.421. The minimum Gasteiger partial charge on any atom is -0.368 e. The summed E-state index contributed by atoms with van der Waals surface area (Å²) in [5, 5.41) is 9.02. The van der Waals surface area contributed by atoms with Crippen LogP contribution in [0.4, 0.5) is 0 Å². The molecule has 0 rings (SSSR count). The molecule has 0 aliphatic rings. The maximum absolute atomic E-state index is 10.8. The number of carbonyl (C=O) groups excluding carboxylic acids is 1. The summed E-state index contributed by atoms with van der Waals surface area (Å²) in [6, 6.07) is 0. The van der Waals surface area contributed by atoms with E-state index in [2.05, 4.69) is 4.99 Å². The molecule has 6 heteroatoms. The zero-order chi connectivity index (χ0) is 11.8. The van der Waals surface area contributed by atoms with Gasteiger partial charge in [-0.2, -0.15) is 5.26 Å². The predicted molar refractivity (Wildman–Crippen MR) is 62.2 cm³/mol. The van der Waals surface area contributed by atoms with Gasteiger partial charge in [0.1, 0.15) is 0 Å². The molecule has 0 unspecified atom stereocenters. The molecule has 0 aromatic rings. The van der Waals surface area contributed by atoms with Gasteiger partial charge in [-0.15, -0.1) is 4.99 Å². The summed E-state index contributed by atoms with van der Waals surface area (Å²) in [6.07, 6.45) is 3.53. The lowest BCUT2D eigenvalue weighted by Crippen LogP contribution is -2.39. The number of nitrogens with two attached hydrogens (primary N) is 1. The van der Waals surface area contributed by atoms with Crippen LogP contribution in [0.5, 0.6) is 0 Å². The maximum Gasteiger partial charge on any atom is 0.237 e. The van der Waals surface area contributed by atoms with E-state index in [9.17, 15) is 4.79 Å². The van der Waals surface area contributed by atoms with Crippen molar-refractivity contribution in [3.05, 3.63) is 0 Å². The Labute approximate surface area is 94.3 Å². The van der Waals surface area contributed by atoms with E-state index in [1.807, 2.05) is 20.1 Å². The van der Waals surface area contributed by atoms with Crippen LogP contribution in [0.3, 0.4) is 0 Å². The Kier molecular flexibility index (Phi) is 6.54. The third kappa shape index (κ3) is 5.96. The second-order valence-electron chi connectivity index (χ2n) is 3.44. The van der Waals surface area contributed by atoms with Crippen LogP contribution in [0.15, 0.2) is 4.99 Å². The summed E-state index contributed by atoms with van der Waals surface area (Å²) in [5.41, 5.74) is 5.13. The molecule has 0 atom stereocenters. The highest BCUT2D eigenvalue weighted by Crippen LogP contribution is 2.08. The van der Waals surface area contributed by atoms with Crippen molar-refractivity contribution in [2.24, 2.45) is 16.6 Å². The number of amides is 1. The van der Waals surface area contributed by atoms with Crippen LogP contribution < -0.4 is 5.73 Å². The summed E-state index contributed by atoms with van der Waals surface area (Å²) < 4.78 is 0. The number of aliphatic imine (C=N–C) groups is 1. The fourth-order valence-electron chi connectivity index (χ4n) is 1.13. The van der Waals surface area contributed by atoms with Gasteiger partial charge in [0.25, 0.3) is 0 Å². The number of thioether (sulfide) groups is 1. The Hall–Kier alpha value is -1.22. The first-order chi connectivity index (χ1) is 7.01. The zero-order valence-electron chi connectivity index (χ0n) is 9.23. The van der Waals surface area contributed by atoms with Crippen LogP contribution in [0, 0.1) is 17.4 Å². The highest BCUT2D eigenvalue weighted by atomic mass is 32.2. The third-order valence-electron chi connectivity index (χ3n) is 1.53. The summed E-state index contributed by atoms with van der Waals surface area (Å²) in [5.74, 6) is -0.0456. The van der Waals surface area contributed by atoms with Gasteiger partial charge in [-0.05, 0) is 12.2 Å². The van der Waals surface area contributed by atoms with Gasteiger partial charge >= 0.3 is 0 Å². The minimum absolute atomic E-state index is 0.0968. The molecule has 0 aliphatic heterocycles. The molecule has 84 valence electrons. The van der Waals surface area contributed by atoms with Gasteiger partial charge in [0.05, 0.1) is 6.54 Å². The summed E-state index contributed by atoms with van der Waals surface area (Å²) in [4.78, 5) is 16.2. The molecule has 0 fully saturated rings. The lowest BCUT2D eigenvalue weighted by Gasteiger charge is -2.24. The molecule has 0 radical (unpaired) electrons. The van der Waals surface area contributed by atoms with E-state index in [0.29, 0.717) is 17.6 Å². The maximum atomic E-state index is 10.8. The van der Waals surface area contributed by atoms with E-state index in [-0.39, 0.29) is 6.54 Å². The van der Waals surface area contributed by atoms with Crippen molar-refractivity contribution in [3.63, 3.8) is 0 Å². The van der Waals surface area contributed by atoms with Crippen LogP contribution in [0.25, 0.3) is 0 Å². The normalized spacial score (nSPS) is 11.3. The largest absolute Gasteiger partial charge is 0.368 e. The molecule has 0 bridgehead atoms. The number of primary amides is 1. The van der Waals surface area contributed by atoms with Gasteiger partial charge in [0.15, 0.2) is 5.17 Å². The Morgan fingerprint density at radius 3 is 2.60 bits per heavy atom. The molecule has 2 N–H and O–H groups in total. The van der Waals surface area contributed by atoms with Crippen molar-refractivity contribution >= 4 is 22.8 Å². The van der Waals surface area contributed by atoms with Gasteiger partial charge in [-0.1, -0.05) is 25.6 Å². The lowest BCUT2D eigenvalue weighted by molar-refractivity contribution is -0.118. The number of carbonyl (C=O) groups is 1. The van der Waals surface area contributed by atoms with Crippen LogP contribution in [-0.4, -0.2) is 35.3 Å². The highest BCUT2D eigenvalue weighted by Gasteiger charge is 2.14. The highest BCUT2D eigenvalue weighted by molar-refractivity contribution is 8.13. The van der Waals surface area contributed by atoms with E-state index in [1.165, 1.54) is 11.8 Å². The molecule has 0 spiro atoms. The fraction of sp³-hybridized carbons (Fsp3) is 0.667. The van der Waals surface area contributed by atoms with Crippen molar-refractivity contribution < 1.29 is 4.79 Å². The number of hydrogen-bond acceptors (Lipinski definition) is 4. The number of amidine groups is 1. The van der Waals surface area contributed by atoms with E-state index in [1.54, 1.807) is 11.1 Å². The second-order valence-corrected chi connectivity index (χ2v) is 4.21. The Bertz CT molecular complexity index is 282. The Balaban J connectivity index is 4.67. The van der Waals surface area contributed by atoms with Gasteiger partial charge < -0.3 is 10.6 Å². The molecule has 1 amide bonds. The first-order valence-corrected chi connectivity index (χ1v) is 5.77. The number of nitriles is 1. The van der Waals surface area contributed by atoms with E-state index >= 15 is 0 Å². The number of hydrogen-bond donors (Lipinski definition) is 1. The molecule has 0 saturated heterocycles. The van der Waals surface area contributed by atoms with Crippen molar-refractivity contribution in [1.82, 2.24) is 4.90 Å². The standard InChI is InChI=1S/C9H16N4OS/c1-7(2)4-13(5-8(11)14)9(15-3)12-6-10/h7H,4-5H2,1-3H3,(H2,11,14). The van der Waals surface area contributed by atoms with Gasteiger partial charge in [-0.3, -0.25) is 4.79 Å². The molecule has 0 aliphatic carbocycles. The molecule has 15 heavy (non-hydrogen) atoms. The molecular weight excluding hydrogens is 212 g/mol. The topological polar surface area (TPSA) is 82.5 Å². The van der Waals surface area contributed by atoms with Crippen molar-refractivity contribution in [3.8, 4) is 6.19 Å². The van der Waals surface area contributed by atoms with Crippen LogP contribution >= 0.6 is 11.8 Å². The van der Waals surface area contributed by atoms with Crippen LogP contribution in [-0.2, 0) is 4.79 Å². The summed E-state index contributed by atoms with van der Waals surface area (Å²) >= 11 is 1.33. The number of rotatable bonds is 4. The monoisotopic (exact) mass is 228 g/mol. The average molecular weight is 228 g/mol. The summed E-state index contributed by atoms with van der Waals surface area (Å²) in [7, 11) is 0. The van der Waals surface area contributed by atoms with Gasteiger partial charge in [0, 0.05) is 6.54 Å². The average Bonchev–Trinajstić information content (AvgIpc) is 2.11.